The molecule has 88 valence electrons. The number of nitrogens with one attached hydrogen (secondary N) is 2. The van der Waals surface area contributed by atoms with Crippen LogP contribution in [0.3, 0.4) is 0 Å². The summed E-state index contributed by atoms with van der Waals surface area (Å²) in [7, 11) is 0. The van der Waals surface area contributed by atoms with Crippen LogP contribution in [0.4, 0.5) is 10.5 Å². The number of hydrogen-bond acceptors (Lipinski definition) is 3. The molecule has 5 nitrogen and oxygen atoms in total. The average molecular weight is 223 g/mol. The van der Waals surface area contributed by atoms with Crippen LogP contribution in [0.2, 0.25) is 0 Å². The van der Waals surface area contributed by atoms with Crippen LogP contribution in [0.1, 0.15) is 20.3 Å². The van der Waals surface area contributed by atoms with E-state index >= 15 is 0 Å². The molecular weight excluding hydrogens is 206 g/mol. The molecule has 0 aliphatic rings. The number of rotatable bonds is 4. The number of amides is 2. The lowest BCUT2D eigenvalue weighted by molar-refractivity contribution is 0.217. The van der Waals surface area contributed by atoms with Gasteiger partial charge in [0.25, 0.3) is 0 Å². The van der Waals surface area contributed by atoms with Gasteiger partial charge < -0.3 is 10.1 Å². The Labute approximate surface area is 94.9 Å². The van der Waals surface area contributed by atoms with Crippen molar-refractivity contribution >= 4 is 11.7 Å². The highest BCUT2D eigenvalue weighted by atomic mass is 16.5. The molecule has 5 heteroatoms. The van der Waals surface area contributed by atoms with Gasteiger partial charge in [-0.3, -0.25) is 5.43 Å². The third kappa shape index (κ3) is 3.78. The first kappa shape index (κ1) is 12.3. The molecule has 0 aliphatic carbocycles. The minimum absolute atomic E-state index is 0.151. The molecule has 2 amide bonds. The van der Waals surface area contributed by atoms with Gasteiger partial charge >= 0.3 is 6.03 Å². The molecule has 1 aromatic carbocycles. The highest BCUT2D eigenvalue weighted by molar-refractivity contribution is 5.88. The first-order valence-corrected chi connectivity index (χ1v) is 5.20. The lowest BCUT2D eigenvalue weighted by Crippen LogP contribution is -2.34. The smallest absolute Gasteiger partial charge is 0.333 e. The predicted molar refractivity (Wildman–Crippen MR) is 63.2 cm³/mol. The summed E-state index contributed by atoms with van der Waals surface area (Å²) >= 11 is 0. The Kier molecular flexibility index (Phi) is 4.60. The van der Waals surface area contributed by atoms with E-state index in [2.05, 4.69) is 12.2 Å². The number of anilines is 1. The first-order chi connectivity index (χ1) is 7.65. The molecule has 4 N–H and O–H groups in total. The summed E-state index contributed by atoms with van der Waals surface area (Å²) in [5.41, 5.74) is 2.64. The second-order valence-corrected chi connectivity index (χ2v) is 3.46. The largest absolute Gasteiger partial charge is 0.491 e. The van der Waals surface area contributed by atoms with E-state index in [9.17, 15) is 4.79 Å². The molecule has 1 unspecified atom stereocenters. The molecule has 1 atom stereocenters. The van der Waals surface area contributed by atoms with Gasteiger partial charge in [-0.05, 0) is 25.5 Å². The number of ether oxygens (including phenoxy) is 1. The SMILES string of the molecule is CCC(C)Oc1cccc(NC(=O)NN)c1. The zero-order valence-electron chi connectivity index (χ0n) is 9.49. The van der Waals surface area contributed by atoms with Crippen molar-refractivity contribution in [3.8, 4) is 5.75 Å². The summed E-state index contributed by atoms with van der Waals surface area (Å²) in [6, 6.07) is 6.71. The summed E-state index contributed by atoms with van der Waals surface area (Å²) in [6.45, 7) is 4.04. The van der Waals surface area contributed by atoms with Crippen LogP contribution in [-0.2, 0) is 0 Å². The van der Waals surface area contributed by atoms with E-state index in [4.69, 9.17) is 10.6 Å². The lowest BCUT2D eigenvalue weighted by Gasteiger charge is -2.13. The fourth-order valence-corrected chi connectivity index (χ4v) is 1.13. The van der Waals surface area contributed by atoms with Crippen molar-refractivity contribution in [2.45, 2.75) is 26.4 Å². The van der Waals surface area contributed by atoms with Gasteiger partial charge in [0, 0.05) is 11.8 Å². The standard InChI is InChI=1S/C11H17N3O2/c1-3-8(2)16-10-6-4-5-9(7-10)13-11(15)14-12/h4-8H,3,12H2,1-2H3,(H2,13,14,15). The normalized spacial score (nSPS) is 11.7. The number of nitrogens with two attached hydrogens (primary N) is 1. The number of carbonyl (C=O) groups is 1. The first-order valence-electron chi connectivity index (χ1n) is 5.20. The molecule has 0 aromatic heterocycles. The van der Waals surface area contributed by atoms with Gasteiger partial charge in [-0.15, -0.1) is 0 Å². The molecule has 0 saturated carbocycles. The van der Waals surface area contributed by atoms with Crippen molar-refractivity contribution in [3.63, 3.8) is 0 Å². The van der Waals surface area contributed by atoms with E-state index in [1.54, 1.807) is 12.1 Å². The maximum Gasteiger partial charge on any atom is 0.333 e. The second-order valence-electron chi connectivity index (χ2n) is 3.46. The van der Waals surface area contributed by atoms with Crippen molar-refractivity contribution < 1.29 is 9.53 Å². The van der Waals surface area contributed by atoms with Crippen molar-refractivity contribution in [2.75, 3.05) is 5.32 Å². The monoisotopic (exact) mass is 223 g/mol. The van der Waals surface area contributed by atoms with Crippen molar-refractivity contribution in [1.29, 1.82) is 0 Å². The second kappa shape index (κ2) is 5.97. The minimum atomic E-state index is -0.458. The maximum absolute atomic E-state index is 11.0. The molecular formula is C11H17N3O2. The van der Waals surface area contributed by atoms with E-state index in [1.165, 1.54) is 0 Å². The topological polar surface area (TPSA) is 76.4 Å². The van der Waals surface area contributed by atoms with Crippen LogP contribution < -0.4 is 21.3 Å². The highest BCUT2D eigenvalue weighted by Crippen LogP contribution is 2.18. The van der Waals surface area contributed by atoms with Crippen LogP contribution in [0.25, 0.3) is 0 Å². The number of hydrazine groups is 1. The third-order valence-electron chi connectivity index (χ3n) is 2.14. The zero-order valence-corrected chi connectivity index (χ0v) is 9.49. The van der Waals surface area contributed by atoms with Gasteiger partial charge in [0.15, 0.2) is 0 Å². The van der Waals surface area contributed by atoms with Crippen molar-refractivity contribution in [1.82, 2.24) is 5.43 Å². The van der Waals surface area contributed by atoms with E-state index < -0.39 is 6.03 Å². The van der Waals surface area contributed by atoms with Crippen molar-refractivity contribution in [2.24, 2.45) is 5.84 Å². The highest BCUT2D eigenvalue weighted by Gasteiger charge is 2.03. The summed E-state index contributed by atoms with van der Waals surface area (Å²) in [5, 5.41) is 2.57. The maximum atomic E-state index is 11.0. The molecule has 1 aromatic rings. The Bertz CT molecular complexity index is 355. The van der Waals surface area contributed by atoms with Gasteiger partial charge in [0.2, 0.25) is 0 Å². The summed E-state index contributed by atoms with van der Waals surface area (Å²) in [4.78, 5) is 11.0. The quantitative estimate of drug-likeness (QED) is 0.414. The van der Waals surface area contributed by atoms with Gasteiger partial charge in [0.05, 0.1) is 6.10 Å². The molecule has 0 fully saturated rings. The number of carbonyl (C=O) groups excluding carboxylic acids is 1. The van der Waals surface area contributed by atoms with Crippen LogP contribution in [-0.4, -0.2) is 12.1 Å². The zero-order chi connectivity index (χ0) is 12.0. The molecule has 16 heavy (non-hydrogen) atoms. The predicted octanol–water partition coefficient (Wildman–Crippen LogP) is 1.86. The molecule has 1 rings (SSSR count). The Morgan fingerprint density at radius 1 is 1.56 bits per heavy atom. The lowest BCUT2D eigenvalue weighted by atomic mass is 10.3. The van der Waals surface area contributed by atoms with Gasteiger partial charge in [-0.25, -0.2) is 10.6 Å². The van der Waals surface area contributed by atoms with E-state index in [-0.39, 0.29) is 6.10 Å². The molecule has 0 saturated heterocycles. The molecule has 0 aliphatic heterocycles. The van der Waals surface area contributed by atoms with Crippen molar-refractivity contribution in [3.05, 3.63) is 24.3 Å². The Balaban J connectivity index is 2.67. The summed E-state index contributed by atoms with van der Waals surface area (Å²) in [6.07, 6.45) is 1.08. The number of benzene rings is 1. The number of hydrogen-bond donors (Lipinski definition) is 3. The molecule has 0 radical (unpaired) electrons. The summed E-state index contributed by atoms with van der Waals surface area (Å²) in [5.74, 6) is 5.69. The Morgan fingerprint density at radius 3 is 2.94 bits per heavy atom. The van der Waals surface area contributed by atoms with Crippen LogP contribution in [0.15, 0.2) is 24.3 Å². The van der Waals surface area contributed by atoms with Gasteiger partial charge in [-0.2, -0.15) is 0 Å². The van der Waals surface area contributed by atoms with E-state index in [0.717, 1.165) is 12.2 Å². The molecule has 0 bridgehead atoms. The van der Waals surface area contributed by atoms with E-state index in [0.29, 0.717) is 5.69 Å². The molecule has 0 spiro atoms. The average Bonchev–Trinajstić information content (AvgIpc) is 2.29. The third-order valence-corrected chi connectivity index (χ3v) is 2.14. The Morgan fingerprint density at radius 2 is 2.31 bits per heavy atom. The van der Waals surface area contributed by atoms with Gasteiger partial charge in [0.1, 0.15) is 5.75 Å². The Hall–Kier alpha value is -1.75. The van der Waals surface area contributed by atoms with Crippen LogP contribution >= 0.6 is 0 Å². The molecule has 0 heterocycles. The van der Waals surface area contributed by atoms with Crippen LogP contribution in [0.5, 0.6) is 5.75 Å². The number of urea groups is 1. The van der Waals surface area contributed by atoms with E-state index in [1.807, 2.05) is 24.5 Å². The van der Waals surface area contributed by atoms with Gasteiger partial charge in [-0.1, -0.05) is 13.0 Å². The fraction of sp³-hybridized carbons (Fsp3) is 0.364. The fourth-order valence-electron chi connectivity index (χ4n) is 1.13. The van der Waals surface area contributed by atoms with Crippen LogP contribution in [0, 0.1) is 0 Å². The minimum Gasteiger partial charge on any atom is -0.491 e. The summed E-state index contributed by atoms with van der Waals surface area (Å²) < 4.78 is 5.62.